The summed E-state index contributed by atoms with van der Waals surface area (Å²) in [5, 5.41) is 10.4. The lowest BCUT2D eigenvalue weighted by Crippen LogP contribution is -2.29. The van der Waals surface area contributed by atoms with Crippen molar-refractivity contribution in [2.24, 2.45) is 5.73 Å². The monoisotopic (exact) mass is 281 g/mol. The van der Waals surface area contributed by atoms with Gasteiger partial charge in [-0.3, -0.25) is 4.79 Å². The highest BCUT2D eigenvalue weighted by atomic mass is 35.5. The third-order valence-corrected chi connectivity index (χ3v) is 2.39. The molecule has 6 nitrogen and oxygen atoms in total. The number of aromatic nitrogens is 3. The highest BCUT2D eigenvalue weighted by Gasteiger charge is 2.09. The topological polar surface area (TPSA) is 85.8 Å². The zero-order chi connectivity index (χ0) is 12.8. The predicted octanol–water partition coefficient (Wildman–Crippen LogP) is 0.437. The van der Waals surface area contributed by atoms with Gasteiger partial charge in [0, 0.05) is 13.1 Å². The number of hydrogen-bond donors (Lipinski definition) is 2. The Labute approximate surface area is 117 Å². The number of carbonyl (C=O) groups excluding carboxylic acids is 1. The van der Waals surface area contributed by atoms with E-state index in [9.17, 15) is 4.79 Å². The SMILES string of the molecule is Cl.NCCNC(=O)c1cn(Cc2ccccc2)nn1. The number of nitrogens with two attached hydrogens (primary N) is 1. The molecule has 0 saturated carbocycles. The van der Waals surface area contributed by atoms with Gasteiger partial charge in [0.2, 0.25) is 0 Å². The predicted molar refractivity (Wildman–Crippen MR) is 74.2 cm³/mol. The molecule has 0 atom stereocenters. The molecule has 102 valence electrons. The van der Waals surface area contributed by atoms with Crippen LogP contribution in [0.5, 0.6) is 0 Å². The molecular weight excluding hydrogens is 266 g/mol. The molecule has 0 radical (unpaired) electrons. The zero-order valence-corrected chi connectivity index (χ0v) is 11.1. The molecule has 0 saturated heterocycles. The van der Waals surface area contributed by atoms with E-state index in [0.29, 0.717) is 25.3 Å². The molecule has 1 heterocycles. The van der Waals surface area contributed by atoms with Gasteiger partial charge in [-0.25, -0.2) is 4.68 Å². The molecule has 2 aromatic rings. The number of hydrogen-bond acceptors (Lipinski definition) is 4. The van der Waals surface area contributed by atoms with Crippen molar-refractivity contribution in [2.45, 2.75) is 6.54 Å². The Morgan fingerprint density at radius 1 is 1.32 bits per heavy atom. The summed E-state index contributed by atoms with van der Waals surface area (Å²) in [5.41, 5.74) is 6.72. The molecule has 2 rings (SSSR count). The summed E-state index contributed by atoms with van der Waals surface area (Å²) >= 11 is 0. The Kier molecular flexibility index (Phi) is 5.98. The van der Waals surface area contributed by atoms with Gasteiger partial charge >= 0.3 is 0 Å². The fourth-order valence-corrected chi connectivity index (χ4v) is 1.53. The van der Waals surface area contributed by atoms with Crippen LogP contribution in [0.3, 0.4) is 0 Å². The third-order valence-electron chi connectivity index (χ3n) is 2.39. The molecule has 7 heteroatoms. The minimum Gasteiger partial charge on any atom is -0.349 e. The van der Waals surface area contributed by atoms with E-state index in [-0.39, 0.29) is 18.3 Å². The van der Waals surface area contributed by atoms with Gasteiger partial charge in [-0.2, -0.15) is 0 Å². The Bertz CT molecular complexity index is 514. The maximum absolute atomic E-state index is 11.6. The molecule has 0 aliphatic carbocycles. The molecule has 1 amide bonds. The van der Waals surface area contributed by atoms with Gasteiger partial charge in [0.15, 0.2) is 5.69 Å². The normalized spacial score (nSPS) is 9.74. The third kappa shape index (κ3) is 4.35. The number of nitrogens with zero attached hydrogens (tertiary/aromatic N) is 3. The molecule has 1 aromatic heterocycles. The van der Waals surface area contributed by atoms with Crippen LogP contribution in [-0.4, -0.2) is 34.0 Å². The second kappa shape index (κ2) is 7.50. The lowest BCUT2D eigenvalue weighted by Gasteiger charge is -2.00. The van der Waals surface area contributed by atoms with Crippen LogP contribution in [0.25, 0.3) is 0 Å². The summed E-state index contributed by atoms with van der Waals surface area (Å²) < 4.78 is 1.63. The Balaban J connectivity index is 0.00000180. The second-order valence-electron chi connectivity index (χ2n) is 3.83. The van der Waals surface area contributed by atoms with Gasteiger partial charge in [-0.05, 0) is 5.56 Å². The minimum absolute atomic E-state index is 0. The van der Waals surface area contributed by atoms with E-state index in [1.54, 1.807) is 10.9 Å². The fraction of sp³-hybridized carbons (Fsp3) is 0.250. The van der Waals surface area contributed by atoms with Crippen molar-refractivity contribution in [2.75, 3.05) is 13.1 Å². The molecular formula is C12H16ClN5O. The van der Waals surface area contributed by atoms with Crippen LogP contribution in [0.1, 0.15) is 16.1 Å². The van der Waals surface area contributed by atoms with E-state index < -0.39 is 0 Å². The Morgan fingerprint density at radius 3 is 2.74 bits per heavy atom. The number of carbonyl (C=O) groups is 1. The molecule has 0 spiro atoms. The van der Waals surface area contributed by atoms with Gasteiger partial charge in [0.1, 0.15) is 0 Å². The number of benzene rings is 1. The van der Waals surface area contributed by atoms with Gasteiger partial charge in [-0.15, -0.1) is 17.5 Å². The summed E-state index contributed by atoms with van der Waals surface area (Å²) in [4.78, 5) is 11.6. The van der Waals surface area contributed by atoms with E-state index in [1.165, 1.54) is 0 Å². The van der Waals surface area contributed by atoms with E-state index >= 15 is 0 Å². The van der Waals surface area contributed by atoms with Crippen molar-refractivity contribution in [3.8, 4) is 0 Å². The molecule has 0 bridgehead atoms. The van der Waals surface area contributed by atoms with Crippen LogP contribution in [0.4, 0.5) is 0 Å². The lowest BCUT2D eigenvalue weighted by molar-refractivity contribution is 0.0949. The fourth-order valence-electron chi connectivity index (χ4n) is 1.53. The van der Waals surface area contributed by atoms with Crippen LogP contribution in [0, 0.1) is 0 Å². The van der Waals surface area contributed by atoms with Crippen LogP contribution < -0.4 is 11.1 Å². The largest absolute Gasteiger partial charge is 0.349 e. The van der Waals surface area contributed by atoms with E-state index in [1.807, 2.05) is 30.3 Å². The first-order valence-corrected chi connectivity index (χ1v) is 5.72. The maximum Gasteiger partial charge on any atom is 0.273 e. The van der Waals surface area contributed by atoms with Gasteiger partial charge < -0.3 is 11.1 Å². The first-order chi connectivity index (χ1) is 8.79. The standard InChI is InChI=1S/C12H15N5O.ClH/c13-6-7-14-12(18)11-9-17(16-15-11)8-10-4-2-1-3-5-10;/h1-5,9H,6-8,13H2,(H,14,18);1H. The number of amides is 1. The smallest absolute Gasteiger partial charge is 0.273 e. The van der Waals surface area contributed by atoms with Gasteiger partial charge in [-0.1, -0.05) is 35.5 Å². The van der Waals surface area contributed by atoms with Crippen molar-refractivity contribution in [3.05, 3.63) is 47.8 Å². The zero-order valence-electron chi connectivity index (χ0n) is 10.3. The van der Waals surface area contributed by atoms with Crippen LogP contribution >= 0.6 is 12.4 Å². The van der Waals surface area contributed by atoms with Crippen LogP contribution in [0.15, 0.2) is 36.5 Å². The van der Waals surface area contributed by atoms with E-state index in [2.05, 4.69) is 15.6 Å². The number of halogens is 1. The van der Waals surface area contributed by atoms with Crippen LogP contribution in [0.2, 0.25) is 0 Å². The number of rotatable bonds is 5. The van der Waals surface area contributed by atoms with Crippen molar-refractivity contribution < 1.29 is 4.79 Å². The summed E-state index contributed by atoms with van der Waals surface area (Å²) in [7, 11) is 0. The van der Waals surface area contributed by atoms with Crippen molar-refractivity contribution in [3.63, 3.8) is 0 Å². The van der Waals surface area contributed by atoms with Crippen LogP contribution in [-0.2, 0) is 6.54 Å². The maximum atomic E-state index is 11.6. The summed E-state index contributed by atoms with van der Waals surface area (Å²) in [6, 6.07) is 9.87. The van der Waals surface area contributed by atoms with Gasteiger partial charge in [0.25, 0.3) is 5.91 Å². The molecule has 0 unspecified atom stereocenters. The quantitative estimate of drug-likeness (QED) is 0.832. The molecule has 19 heavy (non-hydrogen) atoms. The second-order valence-corrected chi connectivity index (χ2v) is 3.83. The van der Waals surface area contributed by atoms with Crippen molar-refractivity contribution >= 4 is 18.3 Å². The molecule has 1 aromatic carbocycles. The highest BCUT2D eigenvalue weighted by Crippen LogP contribution is 2.02. The average molecular weight is 282 g/mol. The molecule has 3 N–H and O–H groups in total. The summed E-state index contributed by atoms with van der Waals surface area (Å²) in [6.07, 6.45) is 1.62. The average Bonchev–Trinajstić information content (AvgIpc) is 2.86. The number of nitrogens with one attached hydrogen (secondary N) is 1. The summed E-state index contributed by atoms with van der Waals surface area (Å²) in [6.45, 7) is 1.44. The molecule has 0 aliphatic rings. The van der Waals surface area contributed by atoms with Crippen molar-refractivity contribution in [1.29, 1.82) is 0 Å². The molecule has 0 aliphatic heterocycles. The Hall–Kier alpha value is -1.92. The van der Waals surface area contributed by atoms with E-state index in [0.717, 1.165) is 5.56 Å². The lowest BCUT2D eigenvalue weighted by atomic mass is 10.2. The molecule has 0 fully saturated rings. The first kappa shape index (κ1) is 15.1. The Morgan fingerprint density at radius 2 is 2.05 bits per heavy atom. The van der Waals surface area contributed by atoms with Crippen molar-refractivity contribution in [1.82, 2.24) is 20.3 Å². The first-order valence-electron chi connectivity index (χ1n) is 5.72. The van der Waals surface area contributed by atoms with E-state index in [4.69, 9.17) is 5.73 Å². The van der Waals surface area contributed by atoms with Gasteiger partial charge in [0.05, 0.1) is 12.7 Å². The highest BCUT2D eigenvalue weighted by molar-refractivity contribution is 5.91. The summed E-state index contributed by atoms with van der Waals surface area (Å²) in [5.74, 6) is -0.250. The minimum atomic E-state index is -0.250.